The molecule has 4 rings (SSSR count). The van der Waals surface area contributed by atoms with Crippen LogP contribution in [0.5, 0.6) is 0 Å². The van der Waals surface area contributed by atoms with E-state index < -0.39 is 0 Å². The third kappa shape index (κ3) is 3.33. The van der Waals surface area contributed by atoms with Crippen LogP contribution in [0.1, 0.15) is 20.7 Å². The van der Waals surface area contributed by atoms with Gasteiger partial charge in [-0.15, -0.1) is 0 Å². The normalized spacial score (nSPS) is 10.6. The molecule has 0 aliphatic heterocycles. The highest BCUT2D eigenvalue weighted by Crippen LogP contribution is 2.38. The van der Waals surface area contributed by atoms with Crippen LogP contribution < -0.4 is 0 Å². The van der Waals surface area contributed by atoms with Crippen molar-refractivity contribution in [1.82, 2.24) is 0 Å². The highest BCUT2D eigenvalue weighted by molar-refractivity contribution is 6.10. The zero-order valence-electron chi connectivity index (χ0n) is 16.7. The minimum absolute atomic E-state index is 0.380. The van der Waals surface area contributed by atoms with Crippen LogP contribution in [-0.2, 0) is 9.47 Å². The van der Waals surface area contributed by atoms with Gasteiger partial charge in [-0.2, -0.15) is 0 Å². The van der Waals surface area contributed by atoms with E-state index in [1.54, 1.807) is 12.1 Å². The van der Waals surface area contributed by atoms with Crippen molar-refractivity contribution < 1.29 is 19.1 Å². The van der Waals surface area contributed by atoms with Gasteiger partial charge in [0.25, 0.3) is 0 Å². The SMILES string of the molecule is COC(=O)c1ccccc1-c1ccc(-c2ccccc2C(=O)OC)c2ccccc12. The second-order valence-electron chi connectivity index (χ2n) is 6.78. The Morgan fingerprint density at radius 3 is 1.27 bits per heavy atom. The minimum Gasteiger partial charge on any atom is -0.465 e. The molecule has 4 aromatic rings. The molecule has 0 heterocycles. The van der Waals surface area contributed by atoms with Crippen molar-refractivity contribution in [2.75, 3.05) is 14.2 Å². The van der Waals surface area contributed by atoms with E-state index in [1.807, 2.05) is 72.8 Å². The predicted octanol–water partition coefficient (Wildman–Crippen LogP) is 5.75. The number of esters is 2. The summed E-state index contributed by atoms with van der Waals surface area (Å²) >= 11 is 0. The molecular weight excluding hydrogens is 376 g/mol. The number of carbonyl (C=O) groups excluding carboxylic acids is 2. The van der Waals surface area contributed by atoms with Gasteiger partial charge in [0.2, 0.25) is 0 Å². The number of hydrogen-bond donors (Lipinski definition) is 0. The molecule has 4 aromatic carbocycles. The first kappa shape index (κ1) is 19.4. The van der Waals surface area contributed by atoms with Gasteiger partial charge in [0, 0.05) is 0 Å². The lowest BCUT2D eigenvalue weighted by atomic mass is 9.89. The summed E-state index contributed by atoms with van der Waals surface area (Å²) in [6.07, 6.45) is 0. The summed E-state index contributed by atoms with van der Waals surface area (Å²) in [6.45, 7) is 0. The van der Waals surface area contributed by atoms with Crippen LogP contribution in [-0.4, -0.2) is 26.2 Å². The number of methoxy groups -OCH3 is 2. The average molecular weight is 396 g/mol. The van der Waals surface area contributed by atoms with Crippen molar-refractivity contribution in [2.45, 2.75) is 0 Å². The number of fused-ring (bicyclic) bond motifs is 1. The molecule has 0 atom stereocenters. The number of hydrogen-bond acceptors (Lipinski definition) is 4. The summed E-state index contributed by atoms with van der Waals surface area (Å²) in [4.78, 5) is 24.6. The molecule has 148 valence electrons. The quantitative estimate of drug-likeness (QED) is 0.412. The van der Waals surface area contributed by atoms with E-state index in [-0.39, 0.29) is 11.9 Å². The van der Waals surface area contributed by atoms with Crippen molar-refractivity contribution in [3.05, 3.63) is 96.1 Å². The topological polar surface area (TPSA) is 52.6 Å². The number of rotatable bonds is 4. The van der Waals surface area contributed by atoms with Gasteiger partial charge in [0.1, 0.15) is 0 Å². The summed E-state index contributed by atoms with van der Waals surface area (Å²) in [5.74, 6) is -0.760. The van der Waals surface area contributed by atoms with E-state index in [2.05, 4.69) is 0 Å². The van der Waals surface area contributed by atoms with Crippen LogP contribution in [0.15, 0.2) is 84.9 Å². The molecule has 0 unspecified atom stereocenters. The first-order valence-corrected chi connectivity index (χ1v) is 9.53. The predicted molar refractivity (Wildman–Crippen MR) is 117 cm³/mol. The molecule has 0 radical (unpaired) electrons. The first-order chi connectivity index (χ1) is 14.7. The molecule has 0 spiro atoms. The van der Waals surface area contributed by atoms with Crippen LogP contribution in [0.3, 0.4) is 0 Å². The third-order valence-electron chi connectivity index (χ3n) is 5.17. The van der Waals surface area contributed by atoms with Gasteiger partial charge < -0.3 is 9.47 Å². The second-order valence-corrected chi connectivity index (χ2v) is 6.78. The lowest BCUT2D eigenvalue weighted by Gasteiger charge is -2.15. The van der Waals surface area contributed by atoms with Crippen LogP contribution >= 0.6 is 0 Å². The Labute approximate surface area is 174 Å². The van der Waals surface area contributed by atoms with Gasteiger partial charge >= 0.3 is 11.9 Å². The molecule has 0 fully saturated rings. The van der Waals surface area contributed by atoms with Crippen LogP contribution in [0.25, 0.3) is 33.0 Å². The Balaban J connectivity index is 1.99. The Hall–Kier alpha value is -3.92. The van der Waals surface area contributed by atoms with Crippen LogP contribution in [0, 0.1) is 0 Å². The van der Waals surface area contributed by atoms with Crippen molar-refractivity contribution in [3.8, 4) is 22.3 Å². The van der Waals surface area contributed by atoms with Crippen molar-refractivity contribution in [1.29, 1.82) is 0 Å². The van der Waals surface area contributed by atoms with Crippen molar-refractivity contribution >= 4 is 22.7 Å². The monoisotopic (exact) mass is 396 g/mol. The molecule has 30 heavy (non-hydrogen) atoms. The van der Waals surface area contributed by atoms with E-state index in [9.17, 15) is 9.59 Å². The van der Waals surface area contributed by atoms with Gasteiger partial charge in [-0.25, -0.2) is 9.59 Å². The largest absolute Gasteiger partial charge is 0.465 e. The smallest absolute Gasteiger partial charge is 0.338 e. The second kappa shape index (κ2) is 8.21. The van der Waals surface area contributed by atoms with Crippen LogP contribution in [0.4, 0.5) is 0 Å². The molecule has 0 aliphatic carbocycles. The summed E-state index contributed by atoms with van der Waals surface area (Å²) in [5.41, 5.74) is 4.46. The Bertz CT molecular complexity index is 1160. The highest BCUT2D eigenvalue weighted by Gasteiger charge is 2.18. The first-order valence-electron chi connectivity index (χ1n) is 9.53. The van der Waals surface area contributed by atoms with Gasteiger partial charge in [-0.05, 0) is 45.2 Å². The fourth-order valence-corrected chi connectivity index (χ4v) is 3.78. The zero-order chi connectivity index (χ0) is 21.1. The molecule has 0 amide bonds. The third-order valence-corrected chi connectivity index (χ3v) is 5.17. The van der Waals surface area contributed by atoms with E-state index >= 15 is 0 Å². The maximum absolute atomic E-state index is 12.3. The number of carbonyl (C=O) groups is 2. The fourth-order valence-electron chi connectivity index (χ4n) is 3.78. The van der Waals surface area contributed by atoms with Gasteiger partial charge in [0.15, 0.2) is 0 Å². The number of ether oxygens (including phenoxy) is 2. The summed E-state index contributed by atoms with van der Waals surface area (Å²) in [5, 5.41) is 1.96. The molecule has 4 nitrogen and oxygen atoms in total. The molecule has 0 aromatic heterocycles. The summed E-state index contributed by atoms with van der Waals surface area (Å²) < 4.78 is 9.94. The highest BCUT2D eigenvalue weighted by atomic mass is 16.5. The Kier molecular flexibility index (Phi) is 5.31. The van der Waals surface area contributed by atoms with E-state index in [4.69, 9.17) is 9.47 Å². The fraction of sp³-hybridized carbons (Fsp3) is 0.0769. The standard InChI is InChI=1S/C26H20O4/c1-29-25(27)23-13-7-5-11-19(23)21-15-16-22(18-10-4-3-9-17(18)21)20-12-6-8-14-24(20)26(28)30-2/h3-16H,1-2H3. The maximum atomic E-state index is 12.3. The molecule has 0 aliphatic rings. The number of benzene rings is 4. The van der Waals surface area contributed by atoms with Gasteiger partial charge in [-0.3, -0.25) is 0 Å². The molecular formula is C26H20O4. The average Bonchev–Trinajstić information content (AvgIpc) is 2.82. The van der Waals surface area contributed by atoms with Crippen LogP contribution in [0.2, 0.25) is 0 Å². The maximum Gasteiger partial charge on any atom is 0.338 e. The van der Waals surface area contributed by atoms with E-state index in [0.717, 1.165) is 33.0 Å². The Morgan fingerprint density at radius 2 is 0.867 bits per heavy atom. The van der Waals surface area contributed by atoms with Crippen molar-refractivity contribution in [3.63, 3.8) is 0 Å². The van der Waals surface area contributed by atoms with Crippen molar-refractivity contribution in [2.24, 2.45) is 0 Å². The molecule has 0 saturated heterocycles. The Morgan fingerprint density at radius 1 is 0.500 bits per heavy atom. The molecule has 0 saturated carbocycles. The summed E-state index contributed by atoms with van der Waals surface area (Å²) in [7, 11) is 2.76. The molecule has 4 heteroatoms. The van der Waals surface area contributed by atoms with E-state index in [0.29, 0.717) is 11.1 Å². The summed E-state index contributed by atoms with van der Waals surface area (Å²) in [6, 6.07) is 26.7. The molecule has 0 bridgehead atoms. The zero-order valence-corrected chi connectivity index (χ0v) is 16.7. The minimum atomic E-state index is -0.380. The molecule has 0 N–H and O–H groups in total. The van der Waals surface area contributed by atoms with Gasteiger partial charge in [-0.1, -0.05) is 72.8 Å². The van der Waals surface area contributed by atoms with Gasteiger partial charge in [0.05, 0.1) is 25.3 Å². The lowest BCUT2D eigenvalue weighted by molar-refractivity contribution is 0.0592. The van der Waals surface area contributed by atoms with E-state index in [1.165, 1.54) is 14.2 Å². The lowest BCUT2D eigenvalue weighted by Crippen LogP contribution is -2.04.